The van der Waals surface area contributed by atoms with Crippen LogP contribution in [0.25, 0.3) is 0 Å². The van der Waals surface area contributed by atoms with Gasteiger partial charge in [0, 0.05) is 12.7 Å². The fourth-order valence-corrected chi connectivity index (χ4v) is 1.61. The summed E-state index contributed by atoms with van der Waals surface area (Å²) in [7, 11) is 0. The van der Waals surface area contributed by atoms with Crippen molar-refractivity contribution in [3.63, 3.8) is 0 Å². The summed E-state index contributed by atoms with van der Waals surface area (Å²) in [5.74, 6) is 6.88. The summed E-state index contributed by atoms with van der Waals surface area (Å²) >= 11 is 0. The maximum absolute atomic E-state index is 5.65. The quantitative estimate of drug-likeness (QED) is 0.592. The van der Waals surface area contributed by atoms with Crippen molar-refractivity contribution in [2.24, 2.45) is 5.84 Å². The number of hydrazine groups is 1. The van der Waals surface area contributed by atoms with Crippen molar-refractivity contribution in [2.45, 2.75) is 20.1 Å². The molecule has 0 bridgehead atoms. The second kappa shape index (κ2) is 7.42. The Balaban J connectivity index is 2.06. The Bertz CT molecular complexity index is 534. The molecule has 1 aromatic heterocycles. The zero-order valence-corrected chi connectivity index (χ0v) is 11.4. The lowest BCUT2D eigenvalue weighted by molar-refractivity contribution is 0.127. The average molecular weight is 274 g/mol. The van der Waals surface area contributed by atoms with E-state index in [4.69, 9.17) is 15.3 Å². The summed E-state index contributed by atoms with van der Waals surface area (Å²) in [6, 6.07) is 11.5. The number of rotatable bonds is 7. The van der Waals surface area contributed by atoms with Gasteiger partial charge in [0.15, 0.2) is 5.82 Å². The molecule has 2 aromatic rings. The van der Waals surface area contributed by atoms with Gasteiger partial charge in [0.2, 0.25) is 5.88 Å². The fraction of sp³-hybridized carbons (Fsp3) is 0.286. The first-order valence-corrected chi connectivity index (χ1v) is 6.41. The van der Waals surface area contributed by atoms with E-state index in [1.807, 2.05) is 37.3 Å². The molecule has 0 aliphatic rings. The molecule has 0 saturated carbocycles. The van der Waals surface area contributed by atoms with Gasteiger partial charge in [-0.2, -0.15) is 4.98 Å². The minimum Gasteiger partial charge on any atom is -0.473 e. The minimum atomic E-state index is 0.327. The third-order valence-corrected chi connectivity index (χ3v) is 2.56. The molecule has 6 nitrogen and oxygen atoms in total. The Morgan fingerprint density at radius 3 is 2.65 bits per heavy atom. The van der Waals surface area contributed by atoms with Crippen molar-refractivity contribution in [3.8, 4) is 5.88 Å². The van der Waals surface area contributed by atoms with E-state index in [-0.39, 0.29) is 0 Å². The number of nitrogens with two attached hydrogens (primary N) is 1. The highest BCUT2D eigenvalue weighted by molar-refractivity contribution is 5.37. The van der Waals surface area contributed by atoms with E-state index in [1.54, 1.807) is 6.07 Å². The van der Waals surface area contributed by atoms with E-state index in [9.17, 15) is 0 Å². The third-order valence-electron chi connectivity index (χ3n) is 2.56. The van der Waals surface area contributed by atoms with Gasteiger partial charge < -0.3 is 14.9 Å². The highest BCUT2D eigenvalue weighted by atomic mass is 16.5. The normalized spacial score (nSPS) is 10.3. The Morgan fingerprint density at radius 1 is 1.15 bits per heavy atom. The number of anilines is 1. The van der Waals surface area contributed by atoms with Gasteiger partial charge in [-0.3, -0.25) is 0 Å². The molecule has 0 amide bonds. The molecule has 20 heavy (non-hydrogen) atoms. The van der Waals surface area contributed by atoms with Crippen LogP contribution in [0.3, 0.4) is 0 Å². The smallest absolute Gasteiger partial charge is 0.219 e. The lowest BCUT2D eigenvalue weighted by atomic mass is 10.2. The number of nitrogens with one attached hydrogen (secondary N) is 1. The lowest BCUT2D eigenvalue weighted by Gasteiger charge is -2.09. The number of hydrogen-bond acceptors (Lipinski definition) is 6. The topological polar surface area (TPSA) is 82.3 Å². The van der Waals surface area contributed by atoms with Crippen molar-refractivity contribution in [1.29, 1.82) is 0 Å². The monoisotopic (exact) mass is 274 g/mol. The highest BCUT2D eigenvalue weighted by Gasteiger charge is 2.05. The predicted molar refractivity (Wildman–Crippen MR) is 75.9 cm³/mol. The Labute approximate surface area is 117 Å². The number of ether oxygens (including phenoxy) is 2. The first kappa shape index (κ1) is 14.2. The molecule has 1 heterocycles. The van der Waals surface area contributed by atoms with Crippen LogP contribution >= 0.6 is 0 Å². The predicted octanol–water partition coefficient (Wildman–Crippen LogP) is 1.88. The van der Waals surface area contributed by atoms with E-state index in [1.165, 1.54) is 0 Å². The molecule has 0 radical (unpaired) electrons. The lowest BCUT2D eigenvalue weighted by Crippen LogP contribution is -2.12. The molecule has 6 heteroatoms. The van der Waals surface area contributed by atoms with Crippen LogP contribution in [0.2, 0.25) is 0 Å². The summed E-state index contributed by atoms with van der Waals surface area (Å²) in [6.45, 7) is 3.28. The van der Waals surface area contributed by atoms with Gasteiger partial charge in [-0.1, -0.05) is 30.3 Å². The maximum Gasteiger partial charge on any atom is 0.219 e. The Morgan fingerprint density at radius 2 is 1.95 bits per heavy atom. The summed E-state index contributed by atoms with van der Waals surface area (Å²) in [6.07, 6.45) is 0. The van der Waals surface area contributed by atoms with E-state index in [0.29, 0.717) is 37.3 Å². The maximum atomic E-state index is 5.65. The van der Waals surface area contributed by atoms with Crippen LogP contribution in [0, 0.1) is 0 Å². The van der Waals surface area contributed by atoms with Crippen LogP contribution < -0.4 is 16.0 Å². The molecule has 3 N–H and O–H groups in total. The van der Waals surface area contributed by atoms with E-state index in [0.717, 1.165) is 5.56 Å². The summed E-state index contributed by atoms with van der Waals surface area (Å²) in [4.78, 5) is 8.47. The van der Waals surface area contributed by atoms with Crippen LogP contribution in [-0.4, -0.2) is 16.6 Å². The molecule has 0 atom stereocenters. The fourth-order valence-electron chi connectivity index (χ4n) is 1.61. The summed E-state index contributed by atoms with van der Waals surface area (Å²) in [5.41, 5.74) is 3.56. The first-order chi connectivity index (χ1) is 9.81. The SMILES string of the molecule is CCOCc1nc(NN)cc(OCc2ccccc2)n1. The second-order valence-electron chi connectivity index (χ2n) is 4.06. The molecule has 0 unspecified atom stereocenters. The number of benzene rings is 1. The second-order valence-corrected chi connectivity index (χ2v) is 4.06. The molecule has 0 aliphatic heterocycles. The van der Waals surface area contributed by atoms with Gasteiger partial charge in [-0.15, -0.1) is 0 Å². The van der Waals surface area contributed by atoms with Gasteiger partial charge in [0.25, 0.3) is 0 Å². The number of aromatic nitrogens is 2. The van der Waals surface area contributed by atoms with E-state index < -0.39 is 0 Å². The molecule has 106 valence electrons. The van der Waals surface area contributed by atoms with Crippen molar-refractivity contribution in [3.05, 3.63) is 47.8 Å². The average Bonchev–Trinajstić information content (AvgIpc) is 2.51. The molecule has 2 rings (SSSR count). The molecule has 0 spiro atoms. The highest BCUT2D eigenvalue weighted by Crippen LogP contribution is 2.15. The third kappa shape index (κ3) is 4.18. The number of nitrogens with zero attached hydrogens (tertiary/aromatic N) is 2. The van der Waals surface area contributed by atoms with Crippen LogP contribution in [0.5, 0.6) is 5.88 Å². The van der Waals surface area contributed by atoms with Crippen LogP contribution in [0.15, 0.2) is 36.4 Å². The number of nitrogen functional groups attached to an aromatic ring is 1. The zero-order chi connectivity index (χ0) is 14.2. The zero-order valence-electron chi connectivity index (χ0n) is 11.4. The van der Waals surface area contributed by atoms with E-state index in [2.05, 4.69) is 15.4 Å². The first-order valence-electron chi connectivity index (χ1n) is 6.41. The molecule has 1 aromatic carbocycles. The molecular formula is C14H18N4O2. The Hall–Kier alpha value is -2.18. The van der Waals surface area contributed by atoms with Gasteiger partial charge in [0.1, 0.15) is 19.0 Å². The van der Waals surface area contributed by atoms with Crippen LogP contribution in [-0.2, 0) is 18.0 Å². The van der Waals surface area contributed by atoms with Gasteiger partial charge in [0.05, 0.1) is 0 Å². The largest absolute Gasteiger partial charge is 0.473 e. The van der Waals surface area contributed by atoms with Crippen molar-refractivity contribution < 1.29 is 9.47 Å². The van der Waals surface area contributed by atoms with Crippen LogP contribution in [0.4, 0.5) is 5.82 Å². The van der Waals surface area contributed by atoms with E-state index >= 15 is 0 Å². The minimum absolute atomic E-state index is 0.327. The van der Waals surface area contributed by atoms with Gasteiger partial charge in [-0.25, -0.2) is 10.8 Å². The van der Waals surface area contributed by atoms with Crippen LogP contribution in [0.1, 0.15) is 18.3 Å². The summed E-state index contributed by atoms with van der Waals surface area (Å²) in [5, 5.41) is 0. The molecular weight excluding hydrogens is 256 g/mol. The molecule has 0 saturated heterocycles. The molecule has 0 fully saturated rings. The van der Waals surface area contributed by atoms with Crippen molar-refractivity contribution >= 4 is 5.82 Å². The number of hydrogen-bond donors (Lipinski definition) is 2. The van der Waals surface area contributed by atoms with Crippen molar-refractivity contribution in [1.82, 2.24) is 9.97 Å². The Kier molecular flexibility index (Phi) is 5.28. The standard InChI is InChI=1S/C14H18N4O2/c1-2-19-10-13-16-12(18-15)8-14(17-13)20-9-11-6-4-3-5-7-11/h3-8H,2,9-10,15H2,1H3,(H,16,17,18). The summed E-state index contributed by atoms with van der Waals surface area (Å²) < 4.78 is 10.9. The van der Waals surface area contributed by atoms with Gasteiger partial charge >= 0.3 is 0 Å². The van der Waals surface area contributed by atoms with Gasteiger partial charge in [-0.05, 0) is 12.5 Å². The molecule has 0 aliphatic carbocycles. The van der Waals surface area contributed by atoms with Crippen molar-refractivity contribution in [2.75, 3.05) is 12.0 Å².